The minimum Gasteiger partial charge on any atom is -0.493 e. The summed E-state index contributed by atoms with van der Waals surface area (Å²) in [6, 6.07) is 8.19. The van der Waals surface area contributed by atoms with Crippen LogP contribution < -0.4 is 4.74 Å². The summed E-state index contributed by atoms with van der Waals surface area (Å²) < 4.78 is 6.35. The molecule has 0 amide bonds. The zero-order valence-electron chi connectivity index (χ0n) is 18.9. The number of H-pyrrole nitrogens is 1. The number of aromatic amines is 1. The molecule has 28 heavy (non-hydrogen) atoms. The molecule has 0 aliphatic rings. The van der Waals surface area contributed by atoms with Gasteiger partial charge in [-0.05, 0) is 40.9 Å². The van der Waals surface area contributed by atoms with Crippen molar-refractivity contribution in [1.29, 1.82) is 0 Å². The van der Waals surface area contributed by atoms with Crippen LogP contribution in [0.3, 0.4) is 0 Å². The highest BCUT2D eigenvalue weighted by Crippen LogP contribution is 2.41. The topological polar surface area (TPSA) is 42.1 Å². The molecule has 1 heterocycles. The van der Waals surface area contributed by atoms with E-state index in [1.54, 1.807) is 6.20 Å². The molecule has 0 unspecified atom stereocenters. The van der Waals surface area contributed by atoms with Gasteiger partial charge in [0.1, 0.15) is 5.75 Å². The van der Waals surface area contributed by atoms with Gasteiger partial charge in [-0.2, -0.15) is 0 Å². The number of carbonyl (C=O) groups is 1. The van der Waals surface area contributed by atoms with Gasteiger partial charge < -0.3 is 9.72 Å². The van der Waals surface area contributed by atoms with Gasteiger partial charge in [0.05, 0.1) is 12.3 Å². The van der Waals surface area contributed by atoms with E-state index in [-0.39, 0.29) is 16.6 Å². The number of benzene rings is 1. The number of ether oxygens (including phenoxy) is 1. The molecule has 1 N–H and O–H groups in total. The largest absolute Gasteiger partial charge is 0.493 e. The van der Waals surface area contributed by atoms with Gasteiger partial charge >= 0.3 is 0 Å². The van der Waals surface area contributed by atoms with Crippen LogP contribution in [0.25, 0.3) is 0 Å². The molecule has 0 aliphatic carbocycles. The Morgan fingerprint density at radius 3 is 2.04 bits per heavy atom. The maximum Gasteiger partial charge on any atom is 0.179 e. The highest BCUT2D eigenvalue weighted by atomic mass is 16.5. The van der Waals surface area contributed by atoms with Gasteiger partial charge in [0.15, 0.2) is 5.78 Å². The van der Waals surface area contributed by atoms with Crippen molar-refractivity contribution in [3.8, 4) is 5.75 Å². The standard InChI is InChI=1S/C25H37NO2/c1-17(2)16-28-23-19(24(3,4)5)14-18(15-20(23)25(6,7)8)11-12-22(27)21-10-9-13-26-21/h9-10,13-15,17,26H,11-12,16H2,1-8H3. The third-order valence-corrected chi connectivity index (χ3v) is 4.86. The minimum atomic E-state index is -0.0359. The van der Waals surface area contributed by atoms with E-state index in [1.807, 2.05) is 12.1 Å². The van der Waals surface area contributed by atoms with Gasteiger partial charge in [0.25, 0.3) is 0 Å². The van der Waals surface area contributed by atoms with E-state index in [1.165, 1.54) is 16.7 Å². The molecule has 0 atom stereocenters. The molecule has 3 nitrogen and oxygen atoms in total. The number of aromatic nitrogens is 1. The number of hydrogen-bond donors (Lipinski definition) is 1. The molecule has 0 aliphatic heterocycles. The van der Waals surface area contributed by atoms with E-state index in [4.69, 9.17) is 4.74 Å². The van der Waals surface area contributed by atoms with E-state index in [0.717, 1.165) is 12.2 Å². The minimum absolute atomic E-state index is 0.0359. The van der Waals surface area contributed by atoms with Crippen molar-refractivity contribution in [2.24, 2.45) is 5.92 Å². The fraction of sp³-hybridized carbons (Fsp3) is 0.560. The summed E-state index contributed by atoms with van der Waals surface area (Å²) in [4.78, 5) is 15.4. The second-order valence-corrected chi connectivity index (χ2v) is 10.2. The Labute approximate surface area is 170 Å². The zero-order chi connectivity index (χ0) is 21.1. The molecule has 0 saturated heterocycles. The molecule has 0 fully saturated rings. The van der Waals surface area contributed by atoms with Crippen LogP contribution in [0, 0.1) is 5.92 Å². The number of aryl methyl sites for hydroxylation is 1. The van der Waals surface area contributed by atoms with Gasteiger partial charge in [0, 0.05) is 23.7 Å². The number of ketones is 1. The molecule has 0 bridgehead atoms. The Hall–Kier alpha value is -2.03. The summed E-state index contributed by atoms with van der Waals surface area (Å²) in [6.45, 7) is 18.4. The average molecular weight is 384 g/mol. The third kappa shape index (κ3) is 5.73. The molecular formula is C25H37NO2. The summed E-state index contributed by atoms with van der Waals surface area (Å²) in [5, 5.41) is 0. The fourth-order valence-electron chi connectivity index (χ4n) is 3.25. The normalized spacial score (nSPS) is 12.5. The van der Waals surface area contributed by atoms with Crippen LogP contribution in [-0.2, 0) is 17.3 Å². The van der Waals surface area contributed by atoms with Crippen molar-refractivity contribution < 1.29 is 9.53 Å². The Morgan fingerprint density at radius 2 is 1.61 bits per heavy atom. The van der Waals surface area contributed by atoms with Gasteiger partial charge in [-0.15, -0.1) is 0 Å². The second kappa shape index (κ2) is 8.55. The Kier molecular flexibility index (Phi) is 6.80. The number of nitrogens with one attached hydrogen (secondary N) is 1. The van der Waals surface area contributed by atoms with Crippen molar-refractivity contribution in [2.75, 3.05) is 6.61 Å². The van der Waals surface area contributed by atoms with E-state index in [2.05, 4.69) is 72.5 Å². The van der Waals surface area contributed by atoms with Gasteiger partial charge in [-0.3, -0.25) is 4.79 Å². The van der Waals surface area contributed by atoms with Crippen LogP contribution in [0.5, 0.6) is 5.75 Å². The first-order valence-electron chi connectivity index (χ1n) is 10.4. The summed E-state index contributed by atoms with van der Waals surface area (Å²) >= 11 is 0. The summed E-state index contributed by atoms with van der Waals surface area (Å²) in [5.41, 5.74) is 4.26. The van der Waals surface area contributed by atoms with Crippen LogP contribution in [-0.4, -0.2) is 17.4 Å². The van der Waals surface area contributed by atoms with Crippen molar-refractivity contribution in [3.63, 3.8) is 0 Å². The molecule has 0 radical (unpaired) electrons. The molecule has 2 rings (SSSR count). The predicted octanol–water partition coefficient (Wildman–Crippen LogP) is 6.46. The first-order valence-corrected chi connectivity index (χ1v) is 10.4. The van der Waals surface area contributed by atoms with Crippen molar-refractivity contribution >= 4 is 5.78 Å². The van der Waals surface area contributed by atoms with Gasteiger partial charge in [0.2, 0.25) is 0 Å². The average Bonchev–Trinajstić information content (AvgIpc) is 3.10. The maximum absolute atomic E-state index is 12.4. The SMILES string of the molecule is CC(C)COc1c(C(C)(C)C)cc(CCC(=O)c2ccc[nH]2)cc1C(C)(C)C. The first-order chi connectivity index (χ1) is 12.9. The smallest absolute Gasteiger partial charge is 0.179 e. The molecule has 0 saturated carbocycles. The van der Waals surface area contributed by atoms with Crippen LogP contribution in [0.1, 0.15) is 89.0 Å². The van der Waals surface area contributed by atoms with E-state index in [9.17, 15) is 4.79 Å². The maximum atomic E-state index is 12.4. The van der Waals surface area contributed by atoms with Crippen molar-refractivity contribution in [2.45, 2.75) is 79.1 Å². The van der Waals surface area contributed by atoms with Crippen molar-refractivity contribution in [3.05, 3.63) is 52.8 Å². The van der Waals surface area contributed by atoms with Crippen LogP contribution in [0.2, 0.25) is 0 Å². The Bertz CT molecular complexity index is 752. The number of hydrogen-bond acceptors (Lipinski definition) is 2. The highest BCUT2D eigenvalue weighted by Gasteiger charge is 2.28. The molecular weight excluding hydrogens is 346 g/mol. The van der Waals surface area contributed by atoms with Crippen molar-refractivity contribution in [1.82, 2.24) is 4.98 Å². The molecule has 0 spiro atoms. The summed E-state index contributed by atoms with van der Waals surface area (Å²) in [6.07, 6.45) is 3.03. The second-order valence-electron chi connectivity index (χ2n) is 10.2. The highest BCUT2D eigenvalue weighted by molar-refractivity contribution is 5.94. The van der Waals surface area contributed by atoms with Crippen LogP contribution >= 0.6 is 0 Å². The monoisotopic (exact) mass is 383 g/mol. The number of Topliss-reactive ketones (excluding diaryl/α,β-unsaturated/α-hetero) is 1. The Morgan fingerprint density at radius 1 is 1.04 bits per heavy atom. The van der Waals surface area contributed by atoms with Crippen LogP contribution in [0.4, 0.5) is 0 Å². The van der Waals surface area contributed by atoms with Gasteiger partial charge in [-0.25, -0.2) is 0 Å². The lowest BCUT2D eigenvalue weighted by atomic mass is 9.78. The van der Waals surface area contributed by atoms with E-state index < -0.39 is 0 Å². The summed E-state index contributed by atoms with van der Waals surface area (Å²) in [7, 11) is 0. The molecule has 3 heteroatoms. The molecule has 154 valence electrons. The zero-order valence-corrected chi connectivity index (χ0v) is 18.9. The van der Waals surface area contributed by atoms with Gasteiger partial charge in [-0.1, -0.05) is 67.5 Å². The number of carbonyl (C=O) groups excluding carboxylic acids is 1. The molecule has 1 aromatic carbocycles. The summed E-state index contributed by atoms with van der Waals surface area (Å²) in [5.74, 6) is 1.65. The lowest BCUT2D eigenvalue weighted by Crippen LogP contribution is -2.21. The predicted molar refractivity (Wildman–Crippen MR) is 118 cm³/mol. The third-order valence-electron chi connectivity index (χ3n) is 4.86. The lowest BCUT2D eigenvalue weighted by Gasteiger charge is -2.31. The number of rotatable bonds is 7. The lowest BCUT2D eigenvalue weighted by molar-refractivity contribution is 0.0978. The van der Waals surface area contributed by atoms with E-state index in [0.29, 0.717) is 24.6 Å². The quantitative estimate of drug-likeness (QED) is 0.557. The molecule has 2 aromatic rings. The fourth-order valence-corrected chi connectivity index (χ4v) is 3.25. The first kappa shape index (κ1) is 22.3. The molecule has 1 aromatic heterocycles. The Balaban J connectivity index is 2.42. The van der Waals surface area contributed by atoms with Crippen LogP contribution in [0.15, 0.2) is 30.5 Å². The van der Waals surface area contributed by atoms with E-state index >= 15 is 0 Å².